The highest BCUT2D eigenvalue weighted by Gasteiger charge is 2.09. The lowest BCUT2D eigenvalue weighted by molar-refractivity contribution is 0.199. The highest BCUT2D eigenvalue weighted by atomic mass is 32.2. The van der Waals surface area contributed by atoms with Crippen molar-refractivity contribution in [1.82, 2.24) is 14.9 Å². The van der Waals surface area contributed by atoms with Gasteiger partial charge < -0.3 is 4.74 Å². The summed E-state index contributed by atoms with van der Waals surface area (Å²) in [6, 6.07) is 9.54. The molecule has 0 bridgehead atoms. The van der Waals surface area contributed by atoms with E-state index in [4.69, 9.17) is 4.74 Å². The number of ether oxygens (including phenoxy) is 1. The van der Waals surface area contributed by atoms with Gasteiger partial charge in [0.15, 0.2) is 0 Å². The van der Waals surface area contributed by atoms with E-state index in [9.17, 15) is 8.42 Å². The highest BCUT2D eigenvalue weighted by molar-refractivity contribution is 7.89. The van der Waals surface area contributed by atoms with E-state index in [1.54, 1.807) is 13.3 Å². The maximum absolute atomic E-state index is 11.8. The first kappa shape index (κ1) is 15.7. The van der Waals surface area contributed by atoms with Gasteiger partial charge in [0.1, 0.15) is 0 Å². The lowest BCUT2D eigenvalue weighted by Gasteiger charge is -2.07. The standard InChI is InChI=1S/C14H19N3O3S/c1-20-9-2-10-21(18,19)16-11-12-3-5-13(6-4-12)14-7-8-15-17-14/h3-8,16H,2,9-11H2,1H3,(H,15,17). The fourth-order valence-corrected chi connectivity index (χ4v) is 2.91. The molecule has 0 atom stereocenters. The molecule has 0 aliphatic carbocycles. The van der Waals surface area contributed by atoms with Crippen LogP contribution in [0.4, 0.5) is 0 Å². The minimum Gasteiger partial charge on any atom is -0.385 e. The Morgan fingerprint density at radius 2 is 2.00 bits per heavy atom. The van der Waals surface area contributed by atoms with Crippen LogP contribution in [0.5, 0.6) is 0 Å². The lowest BCUT2D eigenvalue weighted by atomic mass is 10.1. The van der Waals surface area contributed by atoms with E-state index >= 15 is 0 Å². The smallest absolute Gasteiger partial charge is 0.211 e. The van der Waals surface area contributed by atoms with Crippen LogP contribution in [0.3, 0.4) is 0 Å². The Kier molecular flexibility index (Phi) is 5.49. The van der Waals surface area contributed by atoms with Crippen molar-refractivity contribution in [2.24, 2.45) is 0 Å². The Labute approximate surface area is 124 Å². The second-order valence-electron chi connectivity index (χ2n) is 4.65. The first-order valence-electron chi connectivity index (χ1n) is 6.66. The van der Waals surface area contributed by atoms with Gasteiger partial charge in [-0.2, -0.15) is 5.10 Å². The van der Waals surface area contributed by atoms with Crippen LogP contribution >= 0.6 is 0 Å². The van der Waals surface area contributed by atoms with Gasteiger partial charge in [0.2, 0.25) is 10.0 Å². The zero-order valence-electron chi connectivity index (χ0n) is 11.9. The number of aromatic amines is 1. The van der Waals surface area contributed by atoms with Crippen LogP contribution < -0.4 is 4.72 Å². The average molecular weight is 309 g/mol. The molecular weight excluding hydrogens is 290 g/mol. The summed E-state index contributed by atoms with van der Waals surface area (Å²) in [6.45, 7) is 0.734. The van der Waals surface area contributed by atoms with Crippen LogP contribution in [-0.4, -0.2) is 38.1 Å². The van der Waals surface area contributed by atoms with Crippen LogP contribution in [0.2, 0.25) is 0 Å². The van der Waals surface area contributed by atoms with Crippen LogP contribution in [-0.2, 0) is 21.3 Å². The van der Waals surface area contributed by atoms with E-state index in [1.807, 2.05) is 30.3 Å². The van der Waals surface area contributed by atoms with Gasteiger partial charge in [-0.15, -0.1) is 0 Å². The number of methoxy groups -OCH3 is 1. The van der Waals surface area contributed by atoms with Crippen molar-refractivity contribution < 1.29 is 13.2 Å². The summed E-state index contributed by atoms with van der Waals surface area (Å²) in [5, 5.41) is 6.78. The molecule has 114 valence electrons. The molecule has 0 unspecified atom stereocenters. The molecule has 2 rings (SSSR count). The zero-order chi connectivity index (χ0) is 15.1. The Morgan fingerprint density at radius 3 is 2.62 bits per heavy atom. The number of hydrogen-bond acceptors (Lipinski definition) is 4. The number of aromatic nitrogens is 2. The summed E-state index contributed by atoms with van der Waals surface area (Å²) < 4.78 is 30.9. The van der Waals surface area contributed by atoms with Gasteiger partial charge in [-0.25, -0.2) is 13.1 Å². The number of hydrogen-bond donors (Lipinski definition) is 2. The number of nitrogens with one attached hydrogen (secondary N) is 2. The Hall–Kier alpha value is -1.70. The lowest BCUT2D eigenvalue weighted by Crippen LogP contribution is -2.26. The Bertz CT molecular complexity index is 637. The van der Waals surface area contributed by atoms with Gasteiger partial charge >= 0.3 is 0 Å². The Balaban J connectivity index is 1.89. The van der Waals surface area contributed by atoms with Crippen LogP contribution in [0.1, 0.15) is 12.0 Å². The topological polar surface area (TPSA) is 84.1 Å². The third-order valence-corrected chi connectivity index (χ3v) is 4.43. The molecule has 0 saturated heterocycles. The van der Waals surface area contributed by atoms with Crippen LogP contribution in [0, 0.1) is 0 Å². The van der Waals surface area contributed by atoms with Gasteiger partial charge in [-0.1, -0.05) is 24.3 Å². The van der Waals surface area contributed by atoms with E-state index in [0.717, 1.165) is 16.8 Å². The molecule has 0 radical (unpaired) electrons. The number of sulfonamides is 1. The predicted molar refractivity (Wildman–Crippen MR) is 81.1 cm³/mol. The average Bonchev–Trinajstić information content (AvgIpc) is 3.00. The van der Waals surface area contributed by atoms with Crippen molar-refractivity contribution in [3.63, 3.8) is 0 Å². The predicted octanol–water partition coefficient (Wildman–Crippen LogP) is 1.53. The van der Waals surface area contributed by atoms with E-state index in [1.165, 1.54) is 0 Å². The van der Waals surface area contributed by atoms with Crippen molar-refractivity contribution >= 4 is 10.0 Å². The molecule has 0 amide bonds. The van der Waals surface area contributed by atoms with Crippen molar-refractivity contribution in [2.45, 2.75) is 13.0 Å². The van der Waals surface area contributed by atoms with Gasteiger partial charge in [-0.3, -0.25) is 5.10 Å². The number of benzene rings is 1. The third-order valence-electron chi connectivity index (χ3n) is 3.02. The maximum atomic E-state index is 11.8. The van der Waals surface area contributed by atoms with Gasteiger partial charge in [-0.05, 0) is 23.6 Å². The van der Waals surface area contributed by atoms with Crippen molar-refractivity contribution in [1.29, 1.82) is 0 Å². The van der Waals surface area contributed by atoms with Crippen LogP contribution in [0.15, 0.2) is 36.5 Å². The Morgan fingerprint density at radius 1 is 1.24 bits per heavy atom. The molecular formula is C14H19N3O3S. The van der Waals surface area contributed by atoms with Crippen molar-refractivity contribution in [3.8, 4) is 11.3 Å². The largest absolute Gasteiger partial charge is 0.385 e. The molecule has 0 fully saturated rings. The number of nitrogens with zero attached hydrogens (tertiary/aromatic N) is 1. The van der Waals surface area contributed by atoms with Gasteiger partial charge in [0.25, 0.3) is 0 Å². The summed E-state index contributed by atoms with van der Waals surface area (Å²) in [5.41, 5.74) is 2.86. The zero-order valence-corrected chi connectivity index (χ0v) is 12.7. The maximum Gasteiger partial charge on any atom is 0.211 e. The molecule has 0 aliphatic heterocycles. The summed E-state index contributed by atoms with van der Waals surface area (Å²) in [7, 11) is -1.69. The van der Waals surface area contributed by atoms with Crippen molar-refractivity contribution in [2.75, 3.05) is 19.5 Å². The molecule has 0 spiro atoms. The fourth-order valence-electron chi connectivity index (χ4n) is 1.88. The normalized spacial score (nSPS) is 11.7. The third kappa shape index (κ3) is 4.96. The monoisotopic (exact) mass is 309 g/mol. The second kappa shape index (κ2) is 7.35. The molecule has 21 heavy (non-hydrogen) atoms. The molecule has 0 saturated carbocycles. The minimum absolute atomic E-state index is 0.0765. The molecule has 6 nitrogen and oxygen atoms in total. The molecule has 0 aliphatic rings. The van der Waals surface area contributed by atoms with E-state index in [0.29, 0.717) is 19.6 Å². The summed E-state index contributed by atoms with van der Waals surface area (Å²) in [4.78, 5) is 0. The van der Waals surface area contributed by atoms with Crippen molar-refractivity contribution in [3.05, 3.63) is 42.1 Å². The molecule has 2 aromatic rings. The molecule has 1 heterocycles. The fraction of sp³-hybridized carbons (Fsp3) is 0.357. The molecule has 2 N–H and O–H groups in total. The molecule has 1 aromatic heterocycles. The molecule has 7 heteroatoms. The van der Waals surface area contributed by atoms with E-state index in [-0.39, 0.29) is 5.75 Å². The quantitative estimate of drug-likeness (QED) is 0.724. The van der Waals surface area contributed by atoms with E-state index < -0.39 is 10.0 Å². The molecule has 1 aromatic carbocycles. The second-order valence-corrected chi connectivity index (χ2v) is 6.58. The van der Waals surface area contributed by atoms with Gasteiger partial charge in [0.05, 0.1) is 11.4 Å². The summed E-state index contributed by atoms with van der Waals surface area (Å²) >= 11 is 0. The van der Waals surface area contributed by atoms with Gasteiger partial charge in [0, 0.05) is 26.5 Å². The van der Waals surface area contributed by atoms with E-state index in [2.05, 4.69) is 14.9 Å². The number of rotatable bonds is 8. The highest BCUT2D eigenvalue weighted by Crippen LogP contribution is 2.16. The SMILES string of the molecule is COCCCS(=O)(=O)NCc1ccc(-c2ccn[nH]2)cc1. The summed E-state index contributed by atoms with van der Waals surface area (Å²) in [6.07, 6.45) is 2.18. The first-order valence-corrected chi connectivity index (χ1v) is 8.31. The summed E-state index contributed by atoms with van der Waals surface area (Å²) in [5.74, 6) is 0.0765. The minimum atomic E-state index is -3.25. The van der Waals surface area contributed by atoms with Crippen LogP contribution in [0.25, 0.3) is 11.3 Å². The first-order chi connectivity index (χ1) is 10.1. The number of H-pyrrole nitrogens is 1.